The predicted octanol–water partition coefficient (Wildman–Crippen LogP) is 1.62. The first-order chi connectivity index (χ1) is 9.52. The van der Waals surface area contributed by atoms with Gasteiger partial charge in [0.25, 0.3) is 5.91 Å². The molecule has 0 bridgehead atoms. The van der Waals surface area contributed by atoms with Crippen molar-refractivity contribution in [2.45, 2.75) is 13.8 Å². The van der Waals surface area contributed by atoms with Crippen LogP contribution in [0.3, 0.4) is 0 Å². The van der Waals surface area contributed by atoms with Crippen LogP contribution < -0.4 is 5.32 Å². The molecule has 0 radical (unpaired) electrons. The van der Waals surface area contributed by atoms with Crippen LogP contribution in [0.1, 0.15) is 24.3 Å². The number of aliphatic hydroxyl groups is 1. The molecule has 0 spiro atoms. The van der Waals surface area contributed by atoms with Crippen molar-refractivity contribution in [1.82, 2.24) is 15.1 Å². The van der Waals surface area contributed by atoms with Gasteiger partial charge in [-0.15, -0.1) is 0 Å². The number of hydrogen-bond donors (Lipinski definition) is 2. The average Bonchev–Trinajstić information content (AvgIpc) is 2.96. The molecule has 0 aliphatic rings. The zero-order valence-electron chi connectivity index (χ0n) is 11.7. The largest absolute Gasteiger partial charge is 0.396 e. The van der Waals surface area contributed by atoms with E-state index in [0.717, 1.165) is 5.69 Å². The first-order valence-corrected chi connectivity index (χ1v) is 6.52. The van der Waals surface area contributed by atoms with Crippen molar-refractivity contribution in [1.29, 1.82) is 0 Å². The van der Waals surface area contributed by atoms with E-state index < -0.39 is 0 Å². The van der Waals surface area contributed by atoms with Gasteiger partial charge in [0.1, 0.15) is 0 Å². The number of carbonyl (C=O) groups excluding carboxylic acids is 1. The Morgan fingerprint density at radius 3 is 2.65 bits per heavy atom. The summed E-state index contributed by atoms with van der Waals surface area (Å²) < 4.78 is 1.66. The second-order valence-corrected chi connectivity index (χ2v) is 5.49. The smallest absolute Gasteiger partial charge is 0.271 e. The minimum Gasteiger partial charge on any atom is -0.396 e. The lowest BCUT2D eigenvalue weighted by atomic mass is 9.95. The minimum atomic E-state index is -0.336. The number of rotatable bonds is 5. The van der Waals surface area contributed by atoms with E-state index in [4.69, 9.17) is 5.11 Å². The van der Waals surface area contributed by atoms with Gasteiger partial charge < -0.3 is 10.4 Å². The lowest BCUT2D eigenvalue weighted by molar-refractivity contribution is 0.0905. The van der Waals surface area contributed by atoms with Gasteiger partial charge in [0.05, 0.1) is 5.69 Å². The third kappa shape index (κ3) is 3.45. The normalized spacial score (nSPS) is 11.3. The number of aromatic nitrogens is 2. The summed E-state index contributed by atoms with van der Waals surface area (Å²) in [6.45, 7) is 4.19. The fourth-order valence-electron chi connectivity index (χ4n) is 1.64. The number of benzene rings is 1. The van der Waals surface area contributed by atoms with E-state index in [-0.39, 0.29) is 17.9 Å². The molecule has 5 heteroatoms. The standard InChI is InChI=1S/C15H19N3O2/c1-15(2,11-19)10-16-14(20)13-8-9-18(17-13)12-6-4-3-5-7-12/h3-9,19H,10-11H2,1-2H3,(H,16,20). The molecule has 1 aromatic heterocycles. The van der Waals surface area contributed by atoms with Crippen LogP contribution in [-0.2, 0) is 0 Å². The maximum absolute atomic E-state index is 12.0. The quantitative estimate of drug-likeness (QED) is 0.870. The van der Waals surface area contributed by atoms with Crippen molar-refractivity contribution in [3.63, 3.8) is 0 Å². The fourth-order valence-corrected chi connectivity index (χ4v) is 1.64. The summed E-state index contributed by atoms with van der Waals surface area (Å²) in [6.07, 6.45) is 1.75. The van der Waals surface area contributed by atoms with E-state index in [0.29, 0.717) is 12.2 Å². The molecular formula is C15H19N3O2. The molecule has 0 saturated carbocycles. The molecule has 0 saturated heterocycles. The predicted molar refractivity (Wildman–Crippen MR) is 76.8 cm³/mol. The summed E-state index contributed by atoms with van der Waals surface area (Å²) in [5, 5.41) is 16.2. The van der Waals surface area contributed by atoms with E-state index in [1.807, 2.05) is 44.2 Å². The summed E-state index contributed by atoms with van der Waals surface area (Å²) in [5.41, 5.74) is 0.933. The van der Waals surface area contributed by atoms with Crippen molar-refractivity contribution in [2.75, 3.05) is 13.2 Å². The first kappa shape index (κ1) is 14.3. The van der Waals surface area contributed by atoms with Gasteiger partial charge in [-0.05, 0) is 18.2 Å². The first-order valence-electron chi connectivity index (χ1n) is 6.52. The Balaban J connectivity index is 2.04. The monoisotopic (exact) mass is 273 g/mol. The van der Waals surface area contributed by atoms with E-state index in [2.05, 4.69) is 10.4 Å². The Bertz CT molecular complexity index is 576. The average molecular weight is 273 g/mol. The molecule has 1 aromatic carbocycles. The molecule has 5 nitrogen and oxygen atoms in total. The van der Waals surface area contributed by atoms with Crippen LogP contribution in [0.15, 0.2) is 42.6 Å². The minimum absolute atomic E-state index is 0.0196. The zero-order chi connectivity index (χ0) is 14.6. The molecule has 2 N–H and O–H groups in total. The number of nitrogens with one attached hydrogen (secondary N) is 1. The SMILES string of the molecule is CC(C)(CO)CNC(=O)c1ccn(-c2ccccc2)n1. The Morgan fingerprint density at radius 2 is 2.00 bits per heavy atom. The van der Waals surface area contributed by atoms with Crippen LogP contribution in [0.2, 0.25) is 0 Å². The molecule has 106 valence electrons. The van der Waals surface area contributed by atoms with E-state index in [1.54, 1.807) is 16.9 Å². The molecule has 1 heterocycles. The summed E-state index contributed by atoms with van der Waals surface area (Å²) >= 11 is 0. The number of hydrogen-bond acceptors (Lipinski definition) is 3. The van der Waals surface area contributed by atoms with Gasteiger partial charge in [0.2, 0.25) is 0 Å². The van der Waals surface area contributed by atoms with Gasteiger partial charge >= 0.3 is 0 Å². The highest BCUT2D eigenvalue weighted by Gasteiger charge is 2.19. The van der Waals surface area contributed by atoms with Crippen LogP contribution in [0.5, 0.6) is 0 Å². The molecular weight excluding hydrogens is 254 g/mol. The highest BCUT2D eigenvalue weighted by atomic mass is 16.3. The highest BCUT2D eigenvalue weighted by Crippen LogP contribution is 2.12. The Hall–Kier alpha value is -2.14. The van der Waals surface area contributed by atoms with Crippen LogP contribution >= 0.6 is 0 Å². The van der Waals surface area contributed by atoms with Crippen LogP contribution in [-0.4, -0.2) is 33.9 Å². The van der Waals surface area contributed by atoms with Crippen molar-refractivity contribution < 1.29 is 9.90 Å². The van der Waals surface area contributed by atoms with Gasteiger partial charge in [-0.2, -0.15) is 5.10 Å². The lowest BCUT2D eigenvalue weighted by Gasteiger charge is -2.21. The molecule has 0 unspecified atom stereocenters. The molecule has 1 amide bonds. The Morgan fingerprint density at radius 1 is 1.30 bits per heavy atom. The Kier molecular flexibility index (Phi) is 4.20. The number of amides is 1. The molecule has 2 rings (SSSR count). The van der Waals surface area contributed by atoms with Gasteiger partial charge in [-0.25, -0.2) is 4.68 Å². The Labute approximate surface area is 118 Å². The number of aliphatic hydroxyl groups excluding tert-OH is 1. The van der Waals surface area contributed by atoms with Crippen LogP contribution in [0.4, 0.5) is 0 Å². The van der Waals surface area contributed by atoms with E-state index in [1.165, 1.54) is 0 Å². The highest BCUT2D eigenvalue weighted by molar-refractivity contribution is 5.92. The molecule has 0 aliphatic heterocycles. The van der Waals surface area contributed by atoms with Gasteiger partial charge in [-0.1, -0.05) is 32.0 Å². The maximum Gasteiger partial charge on any atom is 0.271 e. The zero-order valence-corrected chi connectivity index (χ0v) is 11.7. The molecule has 20 heavy (non-hydrogen) atoms. The summed E-state index contributed by atoms with van der Waals surface area (Å²) in [4.78, 5) is 12.0. The van der Waals surface area contributed by atoms with Crippen LogP contribution in [0.25, 0.3) is 5.69 Å². The van der Waals surface area contributed by atoms with Crippen molar-refractivity contribution >= 4 is 5.91 Å². The van der Waals surface area contributed by atoms with E-state index >= 15 is 0 Å². The lowest BCUT2D eigenvalue weighted by Crippen LogP contribution is -2.36. The van der Waals surface area contributed by atoms with E-state index in [9.17, 15) is 4.79 Å². The van der Waals surface area contributed by atoms with Gasteiger partial charge in [0.15, 0.2) is 5.69 Å². The van der Waals surface area contributed by atoms with Crippen molar-refractivity contribution in [2.24, 2.45) is 5.41 Å². The topological polar surface area (TPSA) is 67.2 Å². The van der Waals surface area contributed by atoms with Crippen molar-refractivity contribution in [3.05, 3.63) is 48.3 Å². The van der Waals surface area contributed by atoms with Crippen LogP contribution in [0, 0.1) is 5.41 Å². The molecule has 0 aliphatic carbocycles. The summed E-state index contributed by atoms with van der Waals surface area (Å²) in [5.74, 6) is -0.235. The fraction of sp³-hybridized carbons (Fsp3) is 0.333. The number of para-hydroxylation sites is 1. The van der Waals surface area contributed by atoms with Gasteiger partial charge in [-0.3, -0.25) is 4.79 Å². The number of nitrogens with zero attached hydrogens (tertiary/aromatic N) is 2. The third-order valence-electron chi connectivity index (χ3n) is 3.00. The third-order valence-corrected chi connectivity index (χ3v) is 3.00. The van der Waals surface area contributed by atoms with Crippen molar-refractivity contribution in [3.8, 4) is 5.69 Å². The number of carbonyl (C=O) groups is 1. The molecule has 0 fully saturated rings. The summed E-state index contributed by atoms with van der Waals surface area (Å²) in [6, 6.07) is 11.3. The molecule has 0 atom stereocenters. The maximum atomic E-state index is 12.0. The second kappa shape index (κ2) is 5.88. The molecule has 2 aromatic rings. The summed E-state index contributed by atoms with van der Waals surface area (Å²) in [7, 11) is 0. The second-order valence-electron chi connectivity index (χ2n) is 5.49. The van der Waals surface area contributed by atoms with Gasteiger partial charge in [0, 0.05) is 24.8 Å².